The van der Waals surface area contributed by atoms with Crippen molar-refractivity contribution in [3.63, 3.8) is 0 Å². The second kappa shape index (κ2) is 7.18. The second-order valence-corrected chi connectivity index (χ2v) is 7.75. The molecule has 30 heavy (non-hydrogen) atoms. The Labute approximate surface area is 176 Å². The van der Waals surface area contributed by atoms with Gasteiger partial charge in [0.05, 0.1) is 34.4 Å². The fraction of sp³-hybridized carbons (Fsp3) is 0.182. The number of hydrogen-bond acceptors (Lipinski definition) is 5. The number of benzene rings is 2. The van der Waals surface area contributed by atoms with E-state index in [-0.39, 0.29) is 11.4 Å². The van der Waals surface area contributed by atoms with Crippen LogP contribution in [0.2, 0.25) is 5.02 Å². The van der Waals surface area contributed by atoms with Gasteiger partial charge >= 0.3 is 0 Å². The highest BCUT2D eigenvalue weighted by molar-refractivity contribution is 6.34. The number of anilines is 1. The SMILES string of the molecule is Cc1cccc(F)c1C(=O)Nc1cnc(-c2cc3c(C4CC4)noc3cc2Cl)cn1. The molecule has 0 bridgehead atoms. The second-order valence-electron chi connectivity index (χ2n) is 7.34. The fourth-order valence-electron chi connectivity index (χ4n) is 3.46. The normalized spacial score (nSPS) is 13.6. The van der Waals surface area contributed by atoms with Crippen molar-refractivity contribution >= 4 is 34.3 Å². The van der Waals surface area contributed by atoms with E-state index in [1.54, 1.807) is 25.1 Å². The molecule has 0 saturated heterocycles. The predicted molar refractivity (Wildman–Crippen MR) is 111 cm³/mol. The number of aromatic nitrogens is 3. The molecular formula is C22H16ClFN4O2. The summed E-state index contributed by atoms with van der Waals surface area (Å²) in [6.07, 6.45) is 5.14. The first-order valence-corrected chi connectivity index (χ1v) is 9.87. The van der Waals surface area contributed by atoms with E-state index >= 15 is 0 Å². The molecule has 4 aromatic rings. The fourth-order valence-corrected chi connectivity index (χ4v) is 3.71. The van der Waals surface area contributed by atoms with Gasteiger partial charge in [-0.1, -0.05) is 28.9 Å². The topological polar surface area (TPSA) is 80.9 Å². The van der Waals surface area contributed by atoms with E-state index in [1.807, 2.05) is 6.07 Å². The predicted octanol–water partition coefficient (Wildman–Crippen LogP) is 5.52. The summed E-state index contributed by atoms with van der Waals surface area (Å²) in [6, 6.07) is 8.11. The maximum Gasteiger partial charge on any atom is 0.260 e. The first-order valence-electron chi connectivity index (χ1n) is 9.49. The summed E-state index contributed by atoms with van der Waals surface area (Å²) in [6.45, 7) is 1.67. The Morgan fingerprint density at radius 3 is 2.77 bits per heavy atom. The van der Waals surface area contributed by atoms with Crippen molar-refractivity contribution in [1.82, 2.24) is 15.1 Å². The monoisotopic (exact) mass is 422 g/mol. The molecule has 6 nitrogen and oxygen atoms in total. The summed E-state index contributed by atoms with van der Waals surface area (Å²) >= 11 is 6.41. The van der Waals surface area contributed by atoms with Crippen LogP contribution in [0.25, 0.3) is 22.2 Å². The van der Waals surface area contributed by atoms with Gasteiger partial charge in [-0.3, -0.25) is 9.78 Å². The quantitative estimate of drug-likeness (QED) is 0.468. The first kappa shape index (κ1) is 18.7. The molecule has 1 N–H and O–H groups in total. The smallest absolute Gasteiger partial charge is 0.260 e. The van der Waals surface area contributed by atoms with Gasteiger partial charge in [0, 0.05) is 22.9 Å². The van der Waals surface area contributed by atoms with Crippen LogP contribution in [0.3, 0.4) is 0 Å². The van der Waals surface area contributed by atoms with E-state index in [0.29, 0.717) is 33.3 Å². The van der Waals surface area contributed by atoms with Crippen LogP contribution in [0.5, 0.6) is 0 Å². The molecule has 1 amide bonds. The molecule has 0 aliphatic heterocycles. The Balaban J connectivity index is 1.43. The summed E-state index contributed by atoms with van der Waals surface area (Å²) < 4.78 is 19.4. The molecule has 1 aliphatic rings. The molecule has 1 aliphatic carbocycles. The summed E-state index contributed by atoms with van der Waals surface area (Å²) in [7, 11) is 0. The lowest BCUT2D eigenvalue weighted by Crippen LogP contribution is -2.16. The molecule has 8 heteroatoms. The molecular weight excluding hydrogens is 407 g/mol. The molecule has 0 radical (unpaired) electrons. The highest BCUT2D eigenvalue weighted by Gasteiger charge is 2.29. The number of rotatable bonds is 4. The van der Waals surface area contributed by atoms with Crippen molar-refractivity contribution in [3.8, 4) is 11.3 Å². The van der Waals surface area contributed by atoms with Crippen LogP contribution in [0, 0.1) is 12.7 Å². The Hall–Kier alpha value is -3.32. The van der Waals surface area contributed by atoms with Gasteiger partial charge in [0.2, 0.25) is 0 Å². The minimum Gasteiger partial charge on any atom is -0.356 e. The number of carbonyl (C=O) groups is 1. The molecule has 0 atom stereocenters. The maximum atomic E-state index is 14.0. The number of aryl methyl sites for hydroxylation is 1. The minimum atomic E-state index is -0.586. The molecule has 2 heterocycles. The standard InChI is InChI=1S/C22H16ClFN4O2/c1-11-3-2-4-16(24)20(11)22(29)27-19-10-25-17(9-26-19)13-7-14-18(8-15(13)23)30-28-21(14)12-5-6-12/h2-4,7-10,12H,5-6H2,1H3,(H,26,27,29). The lowest BCUT2D eigenvalue weighted by atomic mass is 10.1. The Morgan fingerprint density at radius 1 is 1.23 bits per heavy atom. The van der Waals surface area contributed by atoms with Crippen LogP contribution >= 0.6 is 11.6 Å². The molecule has 1 saturated carbocycles. The summed E-state index contributed by atoms with van der Waals surface area (Å²) in [5, 5.41) is 8.14. The van der Waals surface area contributed by atoms with Gasteiger partial charge in [-0.05, 0) is 37.5 Å². The first-order chi connectivity index (χ1) is 14.5. The molecule has 0 unspecified atom stereocenters. The third kappa shape index (κ3) is 3.31. The van der Waals surface area contributed by atoms with Gasteiger partial charge in [-0.2, -0.15) is 0 Å². The largest absolute Gasteiger partial charge is 0.356 e. The Kier molecular flexibility index (Phi) is 4.47. The van der Waals surface area contributed by atoms with Crippen LogP contribution < -0.4 is 5.32 Å². The average molecular weight is 423 g/mol. The van der Waals surface area contributed by atoms with Gasteiger partial charge in [0.1, 0.15) is 5.82 Å². The van der Waals surface area contributed by atoms with Crippen molar-refractivity contribution < 1.29 is 13.7 Å². The van der Waals surface area contributed by atoms with Crippen molar-refractivity contribution in [1.29, 1.82) is 0 Å². The molecule has 150 valence electrons. The van der Waals surface area contributed by atoms with Gasteiger partial charge in [0.15, 0.2) is 11.4 Å². The Bertz CT molecular complexity index is 1260. The van der Waals surface area contributed by atoms with E-state index in [1.165, 1.54) is 18.5 Å². The number of fused-ring (bicyclic) bond motifs is 1. The van der Waals surface area contributed by atoms with E-state index in [9.17, 15) is 9.18 Å². The summed E-state index contributed by atoms with van der Waals surface area (Å²) in [4.78, 5) is 21.1. The molecule has 0 spiro atoms. The van der Waals surface area contributed by atoms with Gasteiger partial charge in [0.25, 0.3) is 5.91 Å². The van der Waals surface area contributed by atoms with Gasteiger partial charge in [-0.25, -0.2) is 9.37 Å². The lowest BCUT2D eigenvalue weighted by molar-refractivity contribution is 0.102. The third-order valence-corrected chi connectivity index (χ3v) is 5.48. The van der Waals surface area contributed by atoms with E-state index in [0.717, 1.165) is 23.9 Å². The van der Waals surface area contributed by atoms with E-state index in [2.05, 4.69) is 20.4 Å². The van der Waals surface area contributed by atoms with E-state index in [4.69, 9.17) is 16.1 Å². The van der Waals surface area contributed by atoms with Gasteiger partial charge < -0.3 is 9.84 Å². The molecule has 1 fully saturated rings. The van der Waals surface area contributed by atoms with Crippen LogP contribution in [0.4, 0.5) is 10.2 Å². The molecule has 2 aromatic carbocycles. The zero-order valence-corrected chi connectivity index (χ0v) is 16.7. The number of halogens is 2. The highest BCUT2D eigenvalue weighted by atomic mass is 35.5. The number of nitrogens with zero attached hydrogens (tertiary/aromatic N) is 3. The zero-order chi connectivity index (χ0) is 20.8. The van der Waals surface area contributed by atoms with Crippen LogP contribution in [-0.2, 0) is 0 Å². The summed E-state index contributed by atoms with van der Waals surface area (Å²) in [5.41, 5.74) is 3.35. The Morgan fingerprint density at radius 2 is 2.07 bits per heavy atom. The number of carbonyl (C=O) groups excluding carboxylic acids is 1. The van der Waals surface area contributed by atoms with Crippen LogP contribution in [-0.4, -0.2) is 21.0 Å². The van der Waals surface area contributed by atoms with Crippen LogP contribution in [0.15, 0.2) is 47.2 Å². The van der Waals surface area contributed by atoms with Crippen LogP contribution in [0.1, 0.15) is 40.4 Å². The van der Waals surface area contributed by atoms with Crippen molar-refractivity contribution in [2.75, 3.05) is 5.32 Å². The number of amides is 1. The third-order valence-electron chi connectivity index (χ3n) is 5.17. The maximum absolute atomic E-state index is 14.0. The summed E-state index contributed by atoms with van der Waals surface area (Å²) in [5.74, 6) is -0.513. The van der Waals surface area contributed by atoms with E-state index < -0.39 is 11.7 Å². The van der Waals surface area contributed by atoms with Gasteiger partial charge in [-0.15, -0.1) is 0 Å². The number of hydrogen-bond donors (Lipinski definition) is 1. The zero-order valence-electron chi connectivity index (χ0n) is 15.9. The van der Waals surface area contributed by atoms with Crippen molar-refractivity contribution in [2.45, 2.75) is 25.7 Å². The highest BCUT2D eigenvalue weighted by Crippen LogP contribution is 2.44. The van der Waals surface area contributed by atoms with Crippen molar-refractivity contribution in [2.24, 2.45) is 0 Å². The molecule has 5 rings (SSSR count). The molecule has 2 aromatic heterocycles. The minimum absolute atomic E-state index is 0.0167. The average Bonchev–Trinajstić information content (AvgIpc) is 3.48. The lowest BCUT2D eigenvalue weighted by Gasteiger charge is -2.09. The number of nitrogens with one attached hydrogen (secondary N) is 1. The van der Waals surface area contributed by atoms with Crippen molar-refractivity contribution in [3.05, 3.63) is 70.4 Å².